The van der Waals surface area contributed by atoms with Crippen LogP contribution in [-0.2, 0) is 10.2 Å². The molecule has 6 rings (SSSR count). The Hall–Kier alpha value is -2.88. The van der Waals surface area contributed by atoms with E-state index in [2.05, 4.69) is 20.2 Å². The van der Waals surface area contributed by atoms with Crippen molar-refractivity contribution in [2.45, 2.75) is 43.2 Å². The number of carbonyl (C=O) groups is 1. The van der Waals surface area contributed by atoms with Gasteiger partial charge in [-0.05, 0) is 62.5 Å². The monoisotopic (exact) mass is 483 g/mol. The highest BCUT2D eigenvalue weighted by atomic mass is 35.5. The molecule has 3 N–H and O–H groups in total. The molecule has 1 saturated carbocycles. The lowest BCUT2D eigenvalue weighted by Crippen LogP contribution is -2.47. The topological polar surface area (TPSA) is 112 Å². The maximum Gasteiger partial charge on any atom is 0.327 e. The number of pyridine rings is 1. The van der Waals surface area contributed by atoms with Crippen molar-refractivity contribution >= 4 is 34.4 Å². The molecule has 3 aromatic rings. The normalized spacial score (nSPS) is 23.6. The number of aromatic amines is 1. The molecular formula is C24H26ClN5O4. The second-order valence-electron chi connectivity index (χ2n) is 9.54. The van der Waals surface area contributed by atoms with E-state index in [0.29, 0.717) is 41.4 Å². The first-order valence-electron chi connectivity index (χ1n) is 11.7. The molecular weight excluding hydrogens is 458 g/mol. The van der Waals surface area contributed by atoms with Crippen molar-refractivity contribution in [3.05, 3.63) is 51.5 Å². The summed E-state index contributed by atoms with van der Waals surface area (Å²) in [5, 5.41) is 13.2. The first-order chi connectivity index (χ1) is 16.4. The van der Waals surface area contributed by atoms with E-state index in [0.717, 1.165) is 43.7 Å². The number of H-pyrrole nitrogens is 1. The van der Waals surface area contributed by atoms with E-state index < -0.39 is 5.41 Å². The van der Waals surface area contributed by atoms with E-state index in [1.807, 2.05) is 12.1 Å². The summed E-state index contributed by atoms with van der Waals surface area (Å²) in [7, 11) is 0. The number of piperidine rings is 1. The summed E-state index contributed by atoms with van der Waals surface area (Å²) in [5.41, 5.74) is 2.39. The fourth-order valence-corrected chi connectivity index (χ4v) is 5.69. The maximum atomic E-state index is 12.8. The van der Waals surface area contributed by atoms with E-state index in [1.165, 1.54) is 0 Å². The van der Waals surface area contributed by atoms with Gasteiger partial charge in [0.2, 0.25) is 5.91 Å². The molecule has 0 bridgehead atoms. The number of rotatable bonds is 5. The van der Waals surface area contributed by atoms with Crippen LogP contribution in [0.2, 0.25) is 5.02 Å². The van der Waals surface area contributed by atoms with Crippen LogP contribution in [0, 0.1) is 0 Å². The van der Waals surface area contributed by atoms with Crippen molar-refractivity contribution in [1.82, 2.24) is 19.4 Å². The second-order valence-corrected chi connectivity index (χ2v) is 9.97. The van der Waals surface area contributed by atoms with E-state index in [1.54, 1.807) is 22.9 Å². The highest BCUT2D eigenvalue weighted by Gasteiger charge is 2.48. The molecule has 2 aromatic heterocycles. The molecule has 1 amide bonds. The number of anilines is 1. The molecule has 2 fully saturated rings. The van der Waals surface area contributed by atoms with Crippen LogP contribution in [0.5, 0.6) is 5.75 Å². The minimum Gasteiger partial charge on any atom is -0.491 e. The van der Waals surface area contributed by atoms with Crippen LogP contribution >= 0.6 is 11.6 Å². The number of nitrogens with zero attached hydrogens (tertiary/aromatic N) is 3. The third-order valence-corrected chi connectivity index (χ3v) is 7.78. The molecule has 3 aliphatic rings. The average molecular weight is 484 g/mol. The van der Waals surface area contributed by atoms with Crippen LogP contribution in [0.1, 0.15) is 37.3 Å². The lowest BCUT2D eigenvalue weighted by Gasteiger charge is -2.37. The summed E-state index contributed by atoms with van der Waals surface area (Å²) >= 11 is 6.20. The number of benzene rings is 1. The van der Waals surface area contributed by atoms with Crippen molar-refractivity contribution in [3.8, 4) is 5.75 Å². The van der Waals surface area contributed by atoms with Gasteiger partial charge >= 0.3 is 5.69 Å². The molecule has 0 atom stereocenters. The van der Waals surface area contributed by atoms with Crippen molar-refractivity contribution in [1.29, 1.82) is 0 Å². The number of amides is 1. The highest BCUT2D eigenvalue weighted by Crippen LogP contribution is 2.45. The van der Waals surface area contributed by atoms with E-state index in [9.17, 15) is 14.7 Å². The number of carbonyl (C=O) groups excluding carboxylic acids is 1. The first kappa shape index (κ1) is 21.6. The Balaban J connectivity index is 1.07. The Labute approximate surface area is 200 Å². The van der Waals surface area contributed by atoms with Crippen LogP contribution in [0.4, 0.5) is 5.69 Å². The summed E-state index contributed by atoms with van der Waals surface area (Å²) < 4.78 is 7.55. The zero-order valence-electron chi connectivity index (χ0n) is 18.6. The van der Waals surface area contributed by atoms with Gasteiger partial charge < -0.3 is 20.1 Å². The number of aliphatic hydroxyl groups is 1. The lowest BCUT2D eigenvalue weighted by atomic mass is 9.73. The molecule has 1 spiro atoms. The van der Waals surface area contributed by atoms with Gasteiger partial charge in [0.1, 0.15) is 12.4 Å². The summed E-state index contributed by atoms with van der Waals surface area (Å²) in [4.78, 5) is 34.7. The molecule has 1 saturated heterocycles. The van der Waals surface area contributed by atoms with Crippen molar-refractivity contribution in [2.75, 3.05) is 31.6 Å². The van der Waals surface area contributed by atoms with Gasteiger partial charge in [0.25, 0.3) is 0 Å². The fraction of sp³-hybridized carbons (Fsp3) is 0.458. The smallest absolute Gasteiger partial charge is 0.327 e. The van der Waals surface area contributed by atoms with Gasteiger partial charge in [0, 0.05) is 29.4 Å². The minimum absolute atomic E-state index is 0.0112. The number of aromatic nitrogens is 3. The Kier molecular flexibility index (Phi) is 5.16. The van der Waals surface area contributed by atoms with Gasteiger partial charge in [-0.15, -0.1) is 0 Å². The van der Waals surface area contributed by atoms with Gasteiger partial charge in [-0.25, -0.2) is 9.78 Å². The molecule has 0 radical (unpaired) electrons. The van der Waals surface area contributed by atoms with E-state index in [-0.39, 0.29) is 23.7 Å². The number of aliphatic hydroxyl groups excluding tert-OH is 1. The zero-order valence-corrected chi connectivity index (χ0v) is 19.3. The predicted octanol–water partition coefficient (Wildman–Crippen LogP) is 2.44. The number of likely N-dealkylation sites (tertiary alicyclic amines) is 1. The van der Waals surface area contributed by atoms with Crippen LogP contribution < -0.4 is 15.7 Å². The molecule has 9 nitrogen and oxygen atoms in total. The van der Waals surface area contributed by atoms with Crippen LogP contribution in [0.15, 0.2) is 35.3 Å². The standard InChI is InChI=1S/C24H26ClN5O4/c25-14-1-2-19-18(9-14)24(22(32)27-19)3-5-29(6-4-24)7-8-34-17-12-20-21(26-13-17)30(23(33)28-20)15-10-16(31)11-15/h1-2,9,12-13,15-16,31H,3-8,10-11H2,(H,27,32)(H,28,33)/t15-,16+. The second kappa shape index (κ2) is 8.11. The number of nitrogens with one attached hydrogen (secondary N) is 2. The summed E-state index contributed by atoms with van der Waals surface area (Å²) in [6, 6.07) is 7.39. The molecule has 2 aliphatic heterocycles. The zero-order chi connectivity index (χ0) is 23.4. The van der Waals surface area contributed by atoms with Crippen molar-refractivity contribution in [2.24, 2.45) is 0 Å². The molecule has 10 heteroatoms. The van der Waals surface area contributed by atoms with E-state index in [4.69, 9.17) is 16.3 Å². The number of hydrogen-bond donors (Lipinski definition) is 3. The Morgan fingerprint density at radius 1 is 1.21 bits per heavy atom. The Morgan fingerprint density at radius 3 is 2.76 bits per heavy atom. The largest absolute Gasteiger partial charge is 0.491 e. The van der Waals surface area contributed by atoms with Gasteiger partial charge in [-0.1, -0.05) is 11.6 Å². The number of imidazole rings is 1. The predicted molar refractivity (Wildman–Crippen MR) is 128 cm³/mol. The molecule has 34 heavy (non-hydrogen) atoms. The molecule has 1 aromatic carbocycles. The summed E-state index contributed by atoms with van der Waals surface area (Å²) in [5.74, 6) is 0.666. The van der Waals surface area contributed by atoms with Crippen LogP contribution in [0.25, 0.3) is 11.2 Å². The third kappa shape index (κ3) is 3.50. The Bertz CT molecular complexity index is 1320. The summed E-state index contributed by atoms with van der Waals surface area (Å²) in [6.07, 6.45) is 3.92. The SMILES string of the molecule is O=C1Nc2ccc(Cl)cc2C12CCN(CCOc1cnc3c(c1)[nH]c(=O)n3[C@H]1C[C@@H](O)C1)CC2. The molecule has 0 unspecified atom stereocenters. The fourth-order valence-electron chi connectivity index (χ4n) is 5.51. The lowest BCUT2D eigenvalue weighted by molar-refractivity contribution is -0.122. The van der Waals surface area contributed by atoms with Crippen LogP contribution in [-0.4, -0.2) is 62.8 Å². The van der Waals surface area contributed by atoms with Gasteiger partial charge in [-0.3, -0.25) is 14.3 Å². The summed E-state index contributed by atoms with van der Waals surface area (Å²) in [6.45, 7) is 2.80. The molecule has 178 valence electrons. The van der Waals surface area contributed by atoms with Crippen molar-refractivity contribution in [3.63, 3.8) is 0 Å². The van der Waals surface area contributed by atoms with Gasteiger partial charge in [-0.2, -0.15) is 0 Å². The molecule has 4 heterocycles. The quantitative estimate of drug-likeness (QED) is 0.514. The number of hydrogen-bond acceptors (Lipinski definition) is 6. The first-order valence-corrected chi connectivity index (χ1v) is 12.1. The third-order valence-electron chi connectivity index (χ3n) is 7.55. The van der Waals surface area contributed by atoms with Crippen LogP contribution in [0.3, 0.4) is 0 Å². The van der Waals surface area contributed by atoms with Crippen molar-refractivity contribution < 1.29 is 14.6 Å². The average Bonchev–Trinajstić information content (AvgIpc) is 3.26. The molecule has 1 aliphatic carbocycles. The minimum atomic E-state index is -0.498. The van der Waals surface area contributed by atoms with E-state index >= 15 is 0 Å². The number of fused-ring (bicyclic) bond motifs is 3. The van der Waals surface area contributed by atoms with Gasteiger partial charge in [0.05, 0.1) is 23.2 Å². The van der Waals surface area contributed by atoms with Gasteiger partial charge in [0.15, 0.2) is 5.65 Å². The number of halogens is 1. The highest BCUT2D eigenvalue weighted by molar-refractivity contribution is 6.31. The maximum absolute atomic E-state index is 12.8. The Morgan fingerprint density at radius 2 is 2.00 bits per heavy atom. The number of ether oxygens (including phenoxy) is 1.